The molecule has 0 spiro atoms. The number of hydrogen-bond acceptors (Lipinski definition) is 2. The first-order valence-electron chi connectivity index (χ1n) is 3.35. The van der Waals surface area contributed by atoms with Gasteiger partial charge in [-0.15, -0.1) is 16.7 Å². The first-order chi connectivity index (χ1) is 5.16. The maximum Gasteiger partial charge on any atom is 0.211 e. The van der Waals surface area contributed by atoms with E-state index in [1.54, 1.807) is 0 Å². The zero-order valence-electron chi connectivity index (χ0n) is 6.55. The molecular formula is C6H13ClN4. The van der Waals surface area contributed by atoms with Crippen molar-refractivity contribution in [2.45, 2.75) is 19.8 Å². The highest BCUT2D eigenvalue weighted by Crippen LogP contribution is 1.94. The molecule has 4 nitrogen and oxygen atoms in total. The highest BCUT2D eigenvalue weighted by Gasteiger charge is 1.89. The van der Waals surface area contributed by atoms with Crippen molar-refractivity contribution in [3.05, 3.63) is 0 Å². The Morgan fingerprint density at radius 2 is 2.00 bits per heavy atom. The summed E-state index contributed by atoms with van der Waals surface area (Å²) in [4.78, 5) is 0. The van der Waals surface area contributed by atoms with Gasteiger partial charge in [-0.05, 0) is 19.8 Å². The van der Waals surface area contributed by atoms with Gasteiger partial charge in [0.1, 0.15) is 0 Å². The van der Waals surface area contributed by atoms with E-state index in [4.69, 9.17) is 23.1 Å². The van der Waals surface area contributed by atoms with Gasteiger partial charge in [-0.2, -0.15) is 5.10 Å². The number of guanidine groups is 1. The van der Waals surface area contributed by atoms with Crippen molar-refractivity contribution in [2.75, 3.05) is 5.88 Å². The second kappa shape index (κ2) is 5.97. The van der Waals surface area contributed by atoms with Crippen LogP contribution in [0.25, 0.3) is 0 Å². The van der Waals surface area contributed by atoms with E-state index in [2.05, 4.69) is 10.2 Å². The van der Waals surface area contributed by atoms with Crippen LogP contribution in [0.1, 0.15) is 19.8 Å². The van der Waals surface area contributed by atoms with E-state index in [1.165, 1.54) is 0 Å². The number of nitrogens with zero attached hydrogens (tertiary/aromatic N) is 2. The molecule has 64 valence electrons. The number of rotatable bonds is 4. The average molecular weight is 177 g/mol. The Bertz CT molecular complexity index is 160. The molecule has 0 saturated heterocycles. The molecule has 5 heteroatoms. The van der Waals surface area contributed by atoms with Crippen LogP contribution in [0.4, 0.5) is 0 Å². The van der Waals surface area contributed by atoms with Crippen LogP contribution < -0.4 is 11.5 Å². The SMILES string of the molecule is C/C(CCCCl)=N/N=C(N)N. The lowest BCUT2D eigenvalue weighted by Gasteiger charge is -1.93. The third-order valence-electron chi connectivity index (χ3n) is 1.01. The minimum atomic E-state index is -0.0183. The molecule has 4 N–H and O–H groups in total. The summed E-state index contributed by atoms with van der Waals surface area (Å²) >= 11 is 5.47. The predicted octanol–water partition coefficient (Wildman–Crippen LogP) is 0.655. The fourth-order valence-corrected chi connectivity index (χ4v) is 0.649. The van der Waals surface area contributed by atoms with Crippen molar-refractivity contribution in [3.63, 3.8) is 0 Å². The van der Waals surface area contributed by atoms with Gasteiger partial charge in [0, 0.05) is 11.6 Å². The summed E-state index contributed by atoms with van der Waals surface area (Å²) < 4.78 is 0. The smallest absolute Gasteiger partial charge is 0.211 e. The molecule has 0 aliphatic heterocycles. The second-order valence-corrected chi connectivity index (χ2v) is 2.53. The highest BCUT2D eigenvalue weighted by molar-refractivity contribution is 6.17. The summed E-state index contributed by atoms with van der Waals surface area (Å²) in [6, 6.07) is 0. The lowest BCUT2D eigenvalue weighted by Crippen LogP contribution is -2.22. The van der Waals surface area contributed by atoms with Crippen molar-refractivity contribution in [1.82, 2.24) is 0 Å². The van der Waals surface area contributed by atoms with Crippen LogP contribution in [0, 0.1) is 0 Å². The Labute approximate surface area is 71.3 Å². The number of halogens is 1. The van der Waals surface area contributed by atoms with Gasteiger partial charge in [-0.3, -0.25) is 0 Å². The second-order valence-electron chi connectivity index (χ2n) is 2.15. The molecule has 0 rings (SSSR count). The lowest BCUT2D eigenvalue weighted by atomic mass is 10.2. The fourth-order valence-electron chi connectivity index (χ4n) is 0.516. The van der Waals surface area contributed by atoms with Gasteiger partial charge < -0.3 is 11.5 Å². The zero-order chi connectivity index (χ0) is 8.69. The van der Waals surface area contributed by atoms with Crippen LogP contribution >= 0.6 is 11.6 Å². The highest BCUT2D eigenvalue weighted by atomic mass is 35.5. The van der Waals surface area contributed by atoms with E-state index in [1.807, 2.05) is 6.92 Å². The summed E-state index contributed by atoms with van der Waals surface area (Å²) in [5.74, 6) is 0.615. The standard InChI is InChI=1S/C6H13ClN4/c1-5(3-2-4-7)10-11-6(8)9/h2-4H2,1H3,(H4,8,9,11)/b10-5-. The molecular weight excluding hydrogens is 164 g/mol. The number of nitrogens with two attached hydrogens (primary N) is 2. The maximum absolute atomic E-state index is 5.47. The van der Waals surface area contributed by atoms with E-state index < -0.39 is 0 Å². The summed E-state index contributed by atoms with van der Waals surface area (Å²) in [5, 5.41) is 7.25. The van der Waals surface area contributed by atoms with Crippen LogP contribution in [-0.4, -0.2) is 17.6 Å². The molecule has 0 fully saturated rings. The quantitative estimate of drug-likeness (QED) is 0.286. The van der Waals surface area contributed by atoms with Crippen LogP contribution in [0.15, 0.2) is 10.2 Å². The fraction of sp³-hybridized carbons (Fsp3) is 0.667. The normalized spacial score (nSPS) is 11.3. The van der Waals surface area contributed by atoms with Crippen molar-refractivity contribution in [1.29, 1.82) is 0 Å². The molecule has 0 atom stereocenters. The van der Waals surface area contributed by atoms with Crippen LogP contribution in [-0.2, 0) is 0 Å². The summed E-state index contributed by atoms with van der Waals surface area (Å²) in [7, 11) is 0. The van der Waals surface area contributed by atoms with Gasteiger partial charge in [0.25, 0.3) is 0 Å². The molecule has 0 saturated carbocycles. The maximum atomic E-state index is 5.47. The minimum absolute atomic E-state index is 0.0183. The van der Waals surface area contributed by atoms with Gasteiger partial charge in [0.05, 0.1) is 0 Å². The molecule has 0 aromatic rings. The van der Waals surface area contributed by atoms with Crippen LogP contribution in [0.5, 0.6) is 0 Å². The van der Waals surface area contributed by atoms with Crippen molar-refractivity contribution >= 4 is 23.3 Å². The van der Waals surface area contributed by atoms with Crippen LogP contribution in [0.2, 0.25) is 0 Å². The third-order valence-corrected chi connectivity index (χ3v) is 1.28. The summed E-state index contributed by atoms with van der Waals surface area (Å²) in [5.41, 5.74) is 11.0. The Morgan fingerprint density at radius 1 is 1.36 bits per heavy atom. The van der Waals surface area contributed by atoms with Gasteiger partial charge in [0.2, 0.25) is 5.96 Å². The lowest BCUT2D eigenvalue weighted by molar-refractivity contribution is 0.983. The van der Waals surface area contributed by atoms with E-state index >= 15 is 0 Å². The zero-order valence-corrected chi connectivity index (χ0v) is 7.30. The molecule has 0 aliphatic carbocycles. The van der Waals surface area contributed by atoms with Gasteiger partial charge in [0.15, 0.2) is 0 Å². The monoisotopic (exact) mass is 176 g/mol. The Balaban J connectivity index is 3.72. The molecule has 0 aromatic heterocycles. The third kappa shape index (κ3) is 7.12. The Morgan fingerprint density at radius 3 is 2.45 bits per heavy atom. The minimum Gasteiger partial charge on any atom is -0.369 e. The Hall–Kier alpha value is -0.770. The summed E-state index contributed by atoms with van der Waals surface area (Å²) in [6.45, 7) is 1.86. The van der Waals surface area contributed by atoms with E-state index in [0.717, 1.165) is 18.6 Å². The first kappa shape index (κ1) is 10.2. The average Bonchev–Trinajstić information content (AvgIpc) is 1.97. The largest absolute Gasteiger partial charge is 0.369 e. The molecule has 11 heavy (non-hydrogen) atoms. The van der Waals surface area contributed by atoms with Gasteiger partial charge in [-0.1, -0.05) is 0 Å². The molecule has 0 aromatic carbocycles. The molecule has 0 heterocycles. The van der Waals surface area contributed by atoms with Crippen molar-refractivity contribution < 1.29 is 0 Å². The van der Waals surface area contributed by atoms with Crippen LogP contribution in [0.3, 0.4) is 0 Å². The molecule has 0 radical (unpaired) electrons. The van der Waals surface area contributed by atoms with Crippen molar-refractivity contribution in [2.24, 2.45) is 21.7 Å². The van der Waals surface area contributed by atoms with E-state index in [9.17, 15) is 0 Å². The topological polar surface area (TPSA) is 76.8 Å². The molecule has 0 aliphatic rings. The first-order valence-corrected chi connectivity index (χ1v) is 3.88. The van der Waals surface area contributed by atoms with Gasteiger partial charge >= 0.3 is 0 Å². The van der Waals surface area contributed by atoms with Gasteiger partial charge in [-0.25, -0.2) is 0 Å². The molecule has 0 bridgehead atoms. The predicted molar refractivity (Wildman–Crippen MR) is 48.9 cm³/mol. The Kier molecular flexibility index (Phi) is 5.56. The molecule has 0 unspecified atom stereocenters. The van der Waals surface area contributed by atoms with Crippen molar-refractivity contribution in [3.8, 4) is 0 Å². The number of hydrogen-bond donors (Lipinski definition) is 2. The van der Waals surface area contributed by atoms with E-state index in [-0.39, 0.29) is 5.96 Å². The molecule has 0 amide bonds. The van der Waals surface area contributed by atoms with E-state index in [0.29, 0.717) is 5.88 Å². The summed E-state index contributed by atoms with van der Waals surface area (Å²) in [6.07, 6.45) is 1.73. The number of alkyl halides is 1.